The van der Waals surface area contributed by atoms with Crippen LogP contribution in [0.5, 0.6) is 0 Å². The fourth-order valence-electron chi connectivity index (χ4n) is 4.49. The lowest BCUT2D eigenvalue weighted by molar-refractivity contribution is 0.212. The predicted molar refractivity (Wildman–Crippen MR) is 123 cm³/mol. The summed E-state index contributed by atoms with van der Waals surface area (Å²) in [6, 6.07) is 20.0. The van der Waals surface area contributed by atoms with Gasteiger partial charge >= 0.3 is 0 Å². The molecule has 0 N–H and O–H groups in total. The summed E-state index contributed by atoms with van der Waals surface area (Å²) in [4.78, 5) is 10.1. The zero-order valence-electron chi connectivity index (χ0n) is 17.9. The van der Waals surface area contributed by atoms with Crippen molar-refractivity contribution in [3.8, 4) is 0 Å². The highest BCUT2D eigenvalue weighted by Gasteiger charge is 2.25. The van der Waals surface area contributed by atoms with Crippen LogP contribution in [-0.4, -0.2) is 47.2 Å². The average Bonchev–Trinajstić information content (AvgIpc) is 3.15. The van der Waals surface area contributed by atoms with Crippen LogP contribution in [0, 0.1) is 0 Å². The third kappa shape index (κ3) is 4.64. The standard InChI is InChI=1S/C25H34N4/c1-3-4-17-29-24-13-9-8-12-23(24)26-25(29)27(2)22-15-19-28(20-16-22)18-14-21-10-6-5-7-11-21/h5-13,22H,3-4,14-20H2,1-2H3. The molecular weight excluding hydrogens is 356 g/mol. The van der Waals surface area contributed by atoms with Gasteiger partial charge in [-0.05, 0) is 43.4 Å². The van der Waals surface area contributed by atoms with Crippen molar-refractivity contribution in [2.24, 2.45) is 0 Å². The molecule has 2 heterocycles. The maximum atomic E-state index is 5.01. The Hall–Kier alpha value is -2.33. The van der Waals surface area contributed by atoms with Crippen LogP contribution in [-0.2, 0) is 13.0 Å². The number of imidazole rings is 1. The van der Waals surface area contributed by atoms with Crippen molar-refractivity contribution in [2.75, 3.05) is 31.6 Å². The minimum atomic E-state index is 0.570. The van der Waals surface area contributed by atoms with Crippen molar-refractivity contribution in [2.45, 2.75) is 51.6 Å². The molecule has 1 fully saturated rings. The lowest BCUT2D eigenvalue weighted by Gasteiger charge is -2.37. The zero-order chi connectivity index (χ0) is 20.1. The largest absolute Gasteiger partial charge is 0.342 e. The first-order valence-electron chi connectivity index (χ1n) is 11.2. The van der Waals surface area contributed by atoms with E-state index in [1.54, 1.807) is 0 Å². The second-order valence-corrected chi connectivity index (χ2v) is 8.33. The van der Waals surface area contributed by atoms with E-state index in [-0.39, 0.29) is 0 Å². The van der Waals surface area contributed by atoms with E-state index in [1.165, 1.54) is 49.9 Å². The van der Waals surface area contributed by atoms with E-state index in [0.29, 0.717) is 6.04 Å². The molecule has 0 amide bonds. The van der Waals surface area contributed by atoms with Gasteiger partial charge in [-0.25, -0.2) is 4.98 Å². The van der Waals surface area contributed by atoms with Crippen LogP contribution >= 0.6 is 0 Å². The lowest BCUT2D eigenvalue weighted by Crippen LogP contribution is -2.44. The molecule has 0 spiro atoms. The molecule has 4 rings (SSSR count). The number of piperidine rings is 1. The Kier molecular flexibility index (Phi) is 6.50. The number of aromatic nitrogens is 2. The van der Waals surface area contributed by atoms with Gasteiger partial charge in [0.05, 0.1) is 11.0 Å². The van der Waals surface area contributed by atoms with Gasteiger partial charge in [-0.1, -0.05) is 55.8 Å². The summed E-state index contributed by atoms with van der Waals surface area (Å²) in [7, 11) is 2.24. The van der Waals surface area contributed by atoms with Gasteiger partial charge in [-0.2, -0.15) is 0 Å². The zero-order valence-corrected chi connectivity index (χ0v) is 17.9. The van der Waals surface area contributed by atoms with Gasteiger partial charge < -0.3 is 14.4 Å². The highest BCUT2D eigenvalue weighted by atomic mass is 15.3. The molecule has 154 valence electrons. The minimum Gasteiger partial charge on any atom is -0.342 e. The third-order valence-corrected chi connectivity index (χ3v) is 6.35. The highest BCUT2D eigenvalue weighted by molar-refractivity contribution is 5.78. The molecule has 0 radical (unpaired) electrons. The number of hydrogen-bond acceptors (Lipinski definition) is 3. The smallest absolute Gasteiger partial charge is 0.206 e. The Morgan fingerprint density at radius 1 is 0.966 bits per heavy atom. The van der Waals surface area contributed by atoms with Crippen LogP contribution in [0.4, 0.5) is 5.95 Å². The van der Waals surface area contributed by atoms with E-state index < -0.39 is 0 Å². The summed E-state index contributed by atoms with van der Waals surface area (Å²) in [5.41, 5.74) is 3.82. The molecule has 29 heavy (non-hydrogen) atoms. The number of nitrogens with zero attached hydrogens (tertiary/aromatic N) is 4. The topological polar surface area (TPSA) is 24.3 Å². The van der Waals surface area contributed by atoms with Crippen molar-refractivity contribution < 1.29 is 0 Å². The van der Waals surface area contributed by atoms with Crippen LogP contribution < -0.4 is 4.90 Å². The molecule has 0 atom stereocenters. The van der Waals surface area contributed by atoms with Crippen molar-refractivity contribution in [1.82, 2.24) is 14.5 Å². The van der Waals surface area contributed by atoms with Gasteiger partial charge in [0.1, 0.15) is 0 Å². The Morgan fingerprint density at radius 3 is 2.45 bits per heavy atom. The minimum absolute atomic E-state index is 0.570. The van der Waals surface area contributed by atoms with Crippen LogP contribution in [0.2, 0.25) is 0 Å². The quantitative estimate of drug-likeness (QED) is 0.542. The van der Waals surface area contributed by atoms with Gasteiger partial charge in [0.2, 0.25) is 5.95 Å². The van der Waals surface area contributed by atoms with Gasteiger partial charge in [-0.3, -0.25) is 0 Å². The summed E-state index contributed by atoms with van der Waals surface area (Å²) in [5, 5.41) is 0. The Morgan fingerprint density at radius 2 is 1.69 bits per heavy atom. The molecule has 1 aromatic heterocycles. The highest BCUT2D eigenvalue weighted by Crippen LogP contribution is 2.27. The van der Waals surface area contributed by atoms with Gasteiger partial charge in [0.15, 0.2) is 0 Å². The van der Waals surface area contributed by atoms with Gasteiger partial charge in [-0.15, -0.1) is 0 Å². The molecule has 0 saturated carbocycles. The summed E-state index contributed by atoms with van der Waals surface area (Å²) in [5.74, 6) is 1.14. The molecule has 0 unspecified atom stereocenters. The van der Waals surface area contributed by atoms with E-state index in [0.717, 1.165) is 31.0 Å². The number of unbranched alkanes of at least 4 members (excludes halogenated alkanes) is 1. The average molecular weight is 391 g/mol. The summed E-state index contributed by atoms with van der Waals surface area (Å²) >= 11 is 0. The van der Waals surface area contributed by atoms with E-state index >= 15 is 0 Å². The molecule has 0 bridgehead atoms. The van der Waals surface area contributed by atoms with E-state index in [4.69, 9.17) is 4.98 Å². The number of likely N-dealkylation sites (tertiary alicyclic amines) is 1. The third-order valence-electron chi connectivity index (χ3n) is 6.35. The normalized spacial score (nSPS) is 15.8. The number of rotatable bonds is 8. The van der Waals surface area contributed by atoms with Gasteiger partial charge in [0, 0.05) is 39.3 Å². The van der Waals surface area contributed by atoms with Gasteiger partial charge in [0.25, 0.3) is 0 Å². The monoisotopic (exact) mass is 390 g/mol. The fourth-order valence-corrected chi connectivity index (χ4v) is 4.49. The summed E-state index contributed by atoms with van der Waals surface area (Å²) in [6.45, 7) is 6.82. The summed E-state index contributed by atoms with van der Waals surface area (Å²) < 4.78 is 2.43. The maximum Gasteiger partial charge on any atom is 0.206 e. The van der Waals surface area contributed by atoms with E-state index in [2.05, 4.69) is 82.9 Å². The molecule has 1 aliphatic rings. The molecule has 4 nitrogen and oxygen atoms in total. The summed E-state index contributed by atoms with van der Waals surface area (Å²) in [6.07, 6.45) is 5.97. The van der Waals surface area contributed by atoms with Crippen LogP contribution in [0.25, 0.3) is 11.0 Å². The molecule has 1 saturated heterocycles. The molecule has 2 aromatic carbocycles. The Labute approximate surface area is 175 Å². The maximum absolute atomic E-state index is 5.01. The first kappa shape index (κ1) is 20.0. The number of benzene rings is 2. The van der Waals surface area contributed by atoms with Crippen LogP contribution in [0.1, 0.15) is 38.2 Å². The molecule has 0 aliphatic carbocycles. The van der Waals surface area contributed by atoms with Crippen molar-refractivity contribution in [3.05, 3.63) is 60.2 Å². The lowest BCUT2D eigenvalue weighted by atomic mass is 10.0. The van der Waals surface area contributed by atoms with E-state index in [9.17, 15) is 0 Å². The number of fused-ring (bicyclic) bond motifs is 1. The Bertz CT molecular complexity index is 894. The van der Waals surface area contributed by atoms with Crippen LogP contribution in [0.3, 0.4) is 0 Å². The number of anilines is 1. The molecule has 3 aromatic rings. The first-order chi connectivity index (χ1) is 14.3. The fraction of sp³-hybridized carbons (Fsp3) is 0.480. The SMILES string of the molecule is CCCCn1c(N(C)C2CCN(CCc3ccccc3)CC2)nc2ccccc21. The van der Waals surface area contributed by atoms with Crippen molar-refractivity contribution >= 4 is 17.0 Å². The molecular formula is C25H34N4. The number of hydrogen-bond donors (Lipinski definition) is 0. The second kappa shape index (κ2) is 9.45. The Balaban J connectivity index is 1.40. The van der Waals surface area contributed by atoms with Crippen molar-refractivity contribution in [1.29, 1.82) is 0 Å². The molecule has 4 heteroatoms. The van der Waals surface area contributed by atoms with Crippen molar-refractivity contribution in [3.63, 3.8) is 0 Å². The second-order valence-electron chi connectivity index (χ2n) is 8.33. The van der Waals surface area contributed by atoms with E-state index in [1.807, 2.05) is 0 Å². The van der Waals surface area contributed by atoms with Crippen LogP contribution in [0.15, 0.2) is 54.6 Å². The first-order valence-corrected chi connectivity index (χ1v) is 11.2. The number of aryl methyl sites for hydroxylation is 1. The number of para-hydroxylation sites is 2. The predicted octanol–water partition coefficient (Wildman–Crippen LogP) is 4.98. The molecule has 1 aliphatic heterocycles.